The fourth-order valence-corrected chi connectivity index (χ4v) is 2.71. The standard InChI is InChI=1S/C20H19Cl2NO4/c1-20(2,3)13-6-4-12(5-7-13)18(25)23-17(24)11-27-19(26)15-9-8-14(21)10-16(15)22/h4-10H,11H2,1-3H3,(H,23,24,25). The molecule has 2 amide bonds. The summed E-state index contributed by atoms with van der Waals surface area (Å²) in [6.45, 7) is 5.58. The van der Waals surface area contributed by atoms with Crippen molar-refractivity contribution in [2.75, 3.05) is 6.61 Å². The molecule has 142 valence electrons. The van der Waals surface area contributed by atoms with Gasteiger partial charge in [-0.1, -0.05) is 56.1 Å². The van der Waals surface area contributed by atoms with E-state index in [1.165, 1.54) is 18.2 Å². The summed E-state index contributed by atoms with van der Waals surface area (Å²) in [7, 11) is 0. The third kappa shape index (κ3) is 5.81. The van der Waals surface area contributed by atoms with Crippen LogP contribution in [0.15, 0.2) is 42.5 Å². The maximum Gasteiger partial charge on any atom is 0.340 e. The van der Waals surface area contributed by atoms with Gasteiger partial charge in [-0.3, -0.25) is 14.9 Å². The van der Waals surface area contributed by atoms with Crippen molar-refractivity contribution < 1.29 is 19.1 Å². The van der Waals surface area contributed by atoms with E-state index in [0.717, 1.165) is 5.56 Å². The maximum atomic E-state index is 12.1. The van der Waals surface area contributed by atoms with Crippen LogP contribution >= 0.6 is 23.2 Å². The molecule has 7 heteroatoms. The van der Waals surface area contributed by atoms with Crippen molar-refractivity contribution in [3.8, 4) is 0 Å². The van der Waals surface area contributed by atoms with Gasteiger partial charge in [-0.2, -0.15) is 0 Å². The highest BCUT2D eigenvalue weighted by Gasteiger charge is 2.17. The van der Waals surface area contributed by atoms with Crippen LogP contribution in [0.2, 0.25) is 10.0 Å². The van der Waals surface area contributed by atoms with Gasteiger partial charge in [0.2, 0.25) is 0 Å². The summed E-state index contributed by atoms with van der Waals surface area (Å²) in [6, 6.07) is 11.2. The van der Waals surface area contributed by atoms with Crippen LogP contribution in [0.4, 0.5) is 0 Å². The predicted molar refractivity (Wildman–Crippen MR) is 104 cm³/mol. The van der Waals surface area contributed by atoms with Gasteiger partial charge < -0.3 is 4.74 Å². The molecule has 0 fully saturated rings. The average molecular weight is 408 g/mol. The van der Waals surface area contributed by atoms with Gasteiger partial charge in [0.15, 0.2) is 6.61 Å². The van der Waals surface area contributed by atoms with Crippen LogP contribution in [0.1, 0.15) is 47.1 Å². The highest BCUT2D eigenvalue weighted by atomic mass is 35.5. The summed E-state index contributed by atoms with van der Waals surface area (Å²) in [5.41, 5.74) is 1.45. The molecular weight excluding hydrogens is 389 g/mol. The van der Waals surface area contributed by atoms with Crippen LogP contribution in [-0.2, 0) is 14.9 Å². The van der Waals surface area contributed by atoms with E-state index in [9.17, 15) is 14.4 Å². The topological polar surface area (TPSA) is 72.5 Å². The number of hydrogen-bond acceptors (Lipinski definition) is 4. The smallest absolute Gasteiger partial charge is 0.340 e. The maximum absolute atomic E-state index is 12.1. The minimum absolute atomic E-state index is 0.0397. The fourth-order valence-electron chi connectivity index (χ4n) is 2.22. The number of amides is 2. The molecule has 0 aliphatic rings. The Hall–Kier alpha value is -2.37. The molecule has 0 aromatic heterocycles. The predicted octanol–water partition coefficient (Wildman–Crippen LogP) is 4.40. The number of carbonyl (C=O) groups excluding carboxylic acids is 3. The first-order chi connectivity index (χ1) is 12.6. The zero-order chi connectivity index (χ0) is 20.2. The Morgan fingerprint density at radius 2 is 1.63 bits per heavy atom. The number of hydrogen-bond donors (Lipinski definition) is 1. The molecule has 2 aromatic rings. The van der Waals surface area contributed by atoms with E-state index in [0.29, 0.717) is 10.6 Å². The minimum atomic E-state index is -0.784. The first-order valence-electron chi connectivity index (χ1n) is 8.15. The molecule has 0 spiro atoms. The Balaban J connectivity index is 1.91. The number of nitrogens with one attached hydrogen (secondary N) is 1. The van der Waals surface area contributed by atoms with Crippen molar-refractivity contribution in [2.45, 2.75) is 26.2 Å². The van der Waals surface area contributed by atoms with Crippen molar-refractivity contribution in [3.63, 3.8) is 0 Å². The summed E-state index contributed by atoms with van der Waals surface area (Å²) in [5, 5.41) is 2.66. The molecule has 0 heterocycles. The van der Waals surface area contributed by atoms with Gasteiger partial charge >= 0.3 is 5.97 Å². The van der Waals surface area contributed by atoms with Gasteiger partial charge in [-0.15, -0.1) is 0 Å². The SMILES string of the molecule is CC(C)(C)c1ccc(C(=O)NC(=O)COC(=O)c2ccc(Cl)cc2Cl)cc1. The van der Waals surface area contributed by atoms with Crippen LogP contribution in [0.25, 0.3) is 0 Å². The molecule has 0 bridgehead atoms. The first kappa shape index (κ1) is 20.9. The van der Waals surface area contributed by atoms with Crippen molar-refractivity contribution in [1.29, 1.82) is 0 Å². The van der Waals surface area contributed by atoms with Crippen molar-refractivity contribution in [3.05, 3.63) is 69.2 Å². The molecule has 2 aromatic carbocycles. The highest BCUT2D eigenvalue weighted by Crippen LogP contribution is 2.22. The van der Waals surface area contributed by atoms with Crippen LogP contribution in [0.5, 0.6) is 0 Å². The van der Waals surface area contributed by atoms with E-state index in [1.807, 2.05) is 12.1 Å². The van der Waals surface area contributed by atoms with E-state index in [2.05, 4.69) is 26.1 Å². The Labute approximate surface area is 167 Å². The lowest BCUT2D eigenvalue weighted by atomic mass is 9.87. The van der Waals surface area contributed by atoms with E-state index in [4.69, 9.17) is 27.9 Å². The zero-order valence-corrected chi connectivity index (χ0v) is 16.6. The minimum Gasteiger partial charge on any atom is -0.452 e. The summed E-state index contributed by atoms with van der Waals surface area (Å²) in [5.74, 6) is -2.09. The van der Waals surface area contributed by atoms with Crippen molar-refractivity contribution >= 4 is 41.0 Å². The lowest BCUT2D eigenvalue weighted by Gasteiger charge is -2.19. The van der Waals surface area contributed by atoms with Crippen molar-refractivity contribution in [2.24, 2.45) is 0 Å². The summed E-state index contributed by atoms with van der Waals surface area (Å²) in [4.78, 5) is 35.9. The van der Waals surface area contributed by atoms with Gasteiger partial charge in [0.1, 0.15) is 0 Å². The quantitative estimate of drug-likeness (QED) is 0.761. The molecule has 0 aliphatic heterocycles. The summed E-state index contributed by atoms with van der Waals surface area (Å²) >= 11 is 11.7. The molecule has 2 rings (SSSR count). The van der Waals surface area contributed by atoms with Gasteiger partial charge in [0.05, 0.1) is 10.6 Å². The average Bonchev–Trinajstić information content (AvgIpc) is 2.59. The van der Waals surface area contributed by atoms with Gasteiger partial charge in [0, 0.05) is 10.6 Å². The molecule has 0 unspecified atom stereocenters. The third-order valence-corrected chi connectivity index (χ3v) is 4.30. The monoisotopic (exact) mass is 407 g/mol. The lowest BCUT2D eigenvalue weighted by molar-refractivity contribution is -0.123. The normalized spacial score (nSPS) is 11.0. The molecule has 5 nitrogen and oxygen atoms in total. The Morgan fingerprint density at radius 3 is 2.19 bits per heavy atom. The molecule has 27 heavy (non-hydrogen) atoms. The number of esters is 1. The Kier molecular flexibility index (Phi) is 6.63. The Morgan fingerprint density at radius 1 is 1.00 bits per heavy atom. The molecule has 0 aliphatic carbocycles. The molecule has 0 saturated heterocycles. The second-order valence-corrected chi connectivity index (χ2v) is 7.75. The lowest BCUT2D eigenvalue weighted by Crippen LogP contribution is -2.34. The van der Waals surface area contributed by atoms with Crippen LogP contribution in [-0.4, -0.2) is 24.4 Å². The number of ether oxygens (including phenoxy) is 1. The summed E-state index contributed by atoms with van der Waals surface area (Å²) in [6.07, 6.45) is 0. The molecule has 0 radical (unpaired) electrons. The molecule has 0 atom stereocenters. The van der Waals surface area contributed by atoms with E-state index >= 15 is 0 Å². The number of imide groups is 1. The van der Waals surface area contributed by atoms with Crippen molar-refractivity contribution in [1.82, 2.24) is 5.32 Å². The second-order valence-electron chi connectivity index (χ2n) is 6.90. The third-order valence-electron chi connectivity index (χ3n) is 3.75. The van der Waals surface area contributed by atoms with Crippen LogP contribution in [0.3, 0.4) is 0 Å². The van der Waals surface area contributed by atoms with E-state index in [1.54, 1.807) is 12.1 Å². The number of rotatable bonds is 4. The molecular formula is C20H19Cl2NO4. The van der Waals surface area contributed by atoms with Gasteiger partial charge in [-0.05, 0) is 41.3 Å². The van der Waals surface area contributed by atoms with Crippen LogP contribution < -0.4 is 5.32 Å². The molecule has 1 N–H and O–H groups in total. The zero-order valence-electron chi connectivity index (χ0n) is 15.1. The second kappa shape index (κ2) is 8.55. The summed E-state index contributed by atoms with van der Waals surface area (Å²) < 4.78 is 4.88. The number of benzene rings is 2. The fraction of sp³-hybridized carbons (Fsp3) is 0.250. The van der Waals surface area contributed by atoms with E-state index < -0.39 is 24.4 Å². The van der Waals surface area contributed by atoms with Gasteiger partial charge in [-0.25, -0.2) is 4.79 Å². The van der Waals surface area contributed by atoms with Crippen LogP contribution in [0, 0.1) is 0 Å². The number of halogens is 2. The number of carbonyl (C=O) groups is 3. The molecule has 0 saturated carbocycles. The Bertz CT molecular complexity index is 871. The van der Waals surface area contributed by atoms with Gasteiger partial charge in [0.25, 0.3) is 11.8 Å². The first-order valence-corrected chi connectivity index (χ1v) is 8.90. The highest BCUT2D eigenvalue weighted by molar-refractivity contribution is 6.36. The van der Waals surface area contributed by atoms with E-state index in [-0.39, 0.29) is 16.0 Å². The largest absolute Gasteiger partial charge is 0.452 e.